The maximum absolute atomic E-state index is 12.6. The first-order chi connectivity index (χ1) is 13.1. The number of hydrogen-bond donors (Lipinski definition) is 3. The van der Waals surface area contributed by atoms with Gasteiger partial charge in [-0.1, -0.05) is 0 Å². The Kier molecular flexibility index (Phi) is 7.98. The number of carbonyl (C=O) groups excluding carboxylic acids is 2. The van der Waals surface area contributed by atoms with Crippen LogP contribution in [0.25, 0.3) is 5.69 Å². The molecule has 0 radical (unpaired) electrons. The lowest BCUT2D eigenvalue weighted by Crippen LogP contribution is -2.51. The minimum atomic E-state index is -0.564. The van der Waals surface area contributed by atoms with E-state index in [2.05, 4.69) is 21.0 Å². The van der Waals surface area contributed by atoms with Gasteiger partial charge >= 0.3 is 0 Å². The van der Waals surface area contributed by atoms with E-state index in [9.17, 15) is 9.59 Å². The zero-order chi connectivity index (χ0) is 19.1. The van der Waals surface area contributed by atoms with Crippen LogP contribution >= 0.6 is 12.4 Å². The first-order valence-corrected chi connectivity index (χ1v) is 9.01. The molecule has 0 saturated carbocycles. The number of halogens is 1. The van der Waals surface area contributed by atoms with Gasteiger partial charge in [-0.3, -0.25) is 9.59 Å². The molecule has 1 aliphatic rings. The van der Waals surface area contributed by atoms with Crippen molar-refractivity contribution in [3.05, 3.63) is 42.7 Å². The van der Waals surface area contributed by atoms with Crippen molar-refractivity contribution in [1.82, 2.24) is 20.4 Å². The summed E-state index contributed by atoms with van der Waals surface area (Å²) in [5, 5.41) is 13.0. The number of anilines is 1. The quantitative estimate of drug-likeness (QED) is 0.644. The van der Waals surface area contributed by atoms with Crippen molar-refractivity contribution in [1.29, 1.82) is 0 Å². The predicted octanol–water partition coefficient (Wildman–Crippen LogP) is 1.36. The van der Waals surface area contributed by atoms with Gasteiger partial charge in [0.15, 0.2) is 0 Å². The lowest BCUT2D eigenvalue weighted by atomic mass is 9.78. The van der Waals surface area contributed by atoms with E-state index in [1.807, 2.05) is 24.4 Å². The van der Waals surface area contributed by atoms with Crippen molar-refractivity contribution in [3.63, 3.8) is 0 Å². The molecule has 3 N–H and O–H groups in total. The molecule has 2 amide bonds. The summed E-state index contributed by atoms with van der Waals surface area (Å²) in [6, 6.07) is 9.18. The van der Waals surface area contributed by atoms with Crippen LogP contribution < -0.4 is 16.0 Å². The molecule has 1 aromatic carbocycles. The average molecular weight is 408 g/mol. The molecule has 0 bridgehead atoms. The van der Waals surface area contributed by atoms with Crippen LogP contribution in [-0.2, 0) is 14.3 Å². The Labute approximate surface area is 170 Å². The highest BCUT2D eigenvalue weighted by Crippen LogP contribution is 2.29. The Hall–Kier alpha value is -2.42. The number of nitrogens with one attached hydrogen (secondary N) is 3. The summed E-state index contributed by atoms with van der Waals surface area (Å²) in [5.74, 6) is -0.397. The molecular weight excluding hydrogens is 382 g/mol. The van der Waals surface area contributed by atoms with Crippen LogP contribution in [0.15, 0.2) is 42.7 Å². The van der Waals surface area contributed by atoms with Gasteiger partial charge in [-0.05, 0) is 56.3 Å². The summed E-state index contributed by atoms with van der Waals surface area (Å²) in [7, 11) is 1.59. The molecule has 0 aliphatic carbocycles. The number of rotatable bonds is 7. The van der Waals surface area contributed by atoms with E-state index in [1.54, 1.807) is 30.1 Å². The first-order valence-electron chi connectivity index (χ1n) is 9.01. The molecular formula is C19H26ClN5O3. The molecule has 0 unspecified atom stereocenters. The topological polar surface area (TPSA) is 97.3 Å². The Morgan fingerprint density at radius 2 is 1.96 bits per heavy atom. The van der Waals surface area contributed by atoms with Gasteiger partial charge in [0.2, 0.25) is 11.8 Å². The Balaban J connectivity index is 0.00000280. The molecule has 3 rings (SSSR count). The van der Waals surface area contributed by atoms with Crippen LogP contribution in [-0.4, -0.2) is 54.9 Å². The fraction of sp³-hybridized carbons (Fsp3) is 0.421. The zero-order valence-corrected chi connectivity index (χ0v) is 16.6. The summed E-state index contributed by atoms with van der Waals surface area (Å²) < 4.78 is 6.99. The van der Waals surface area contributed by atoms with E-state index in [-0.39, 0.29) is 30.8 Å². The summed E-state index contributed by atoms with van der Waals surface area (Å²) in [4.78, 5) is 24.8. The minimum Gasteiger partial charge on any atom is -0.384 e. The summed E-state index contributed by atoms with van der Waals surface area (Å²) in [6.45, 7) is 1.83. The largest absolute Gasteiger partial charge is 0.384 e. The maximum atomic E-state index is 12.6. The molecule has 28 heavy (non-hydrogen) atoms. The normalized spacial score (nSPS) is 15.3. The maximum Gasteiger partial charge on any atom is 0.243 e. The van der Waals surface area contributed by atoms with Gasteiger partial charge in [0.05, 0.1) is 24.3 Å². The number of aromatic nitrogens is 2. The number of hydrogen-bond acceptors (Lipinski definition) is 5. The molecule has 1 aromatic heterocycles. The SMILES string of the molecule is COCC1(C(=O)NCC(=O)Nc2ccc(-n3cccn3)cc2)CCNCC1.Cl. The van der Waals surface area contributed by atoms with Crippen molar-refractivity contribution in [2.24, 2.45) is 5.41 Å². The van der Waals surface area contributed by atoms with E-state index < -0.39 is 5.41 Å². The van der Waals surface area contributed by atoms with Crippen LogP contribution in [0.5, 0.6) is 0 Å². The smallest absolute Gasteiger partial charge is 0.243 e. The van der Waals surface area contributed by atoms with Crippen LogP contribution in [0.1, 0.15) is 12.8 Å². The lowest BCUT2D eigenvalue weighted by Gasteiger charge is -2.35. The van der Waals surface area contributed by atoms with Gasteiger partial charge in [-0.25, -0.2) is 4.68 Å². The number of methoxy groups -OCH3 is 1. The van der Waals surface area contributed by atoms with Gasteiger partial charge in [0.1, 0.15) is 0 Å². The second-order valence-electron chi connectivity index (χ2n) is 6.69. The van der Waals surface area contributed by atoms with Crippen molar-refractivity contribution in [3.8, 4) is 5.69 Å². The zero-order valence-electron chi connectivity index (χ0n) is 15.8. The molecule has 0 spiro atoms. The molecule has 9 heteroatoms. The van der Waals surface area contributed by atoms with Crippen LogP contribution in [0, 0.1) is 5.41 Å². The van der Waals surface area contributed by atoms with Crippen LogP contribution in [0.3, 0.4) is 0 Å². The standard InChI is InChI=1S/C19H25N5O3.ClH/c1-27-14-19(7-10-20-11-8-19)18(26)21-13-17(25)23-15-3-5-16(6-4-15)24-12-2-9-22-24;/h2-6,9,12,20H,7-8,10-11,13-14H2,1H3,(H,21,26)(H,23,25);1H. The van der Waals surface area contributed by atoms with Crippen molar-refractivity contribution >= 4 is 29.9 Å². The molecule has 1 saturated heterocycles. The highest BCUT2D eigenvalue weighted by Gasteiger charge is 2.39. The fourth-order valence-electron chi connectivity index (χ4n) is 3.29. The molecule has 1 fully saturated rings. The Morgan fingerprint density at radius 1 is 1.25 bits per heavy atom. The van der Waals surface area contributed by atoms with Gasteiger partial charge in [0.25, 0.3) is 0 Å². The molecule has 0 atom stereocenters. The third-order valence-corrected chi connectivity index (χ3v) is 4.79. The van der Waals surface area contributed by atoms with Gasteiger partial charge in [-0.2, -0.15) is 5.10 Å². The number of carbonyl (C=O) groups is 2. The molecule has 2 heterocycles. The van der Waals surface area contributed by atoms with Crippen molar-refractivity contribution < 1.29 is 14.3 Å². The van der Waals surface area contributed by atoms with Crippen LogP contribution in [0.4, 0.5) is 5.69 Å². The molecule has 152 valence electrons. The minimum absolute atomic E-state index is 0. The molecule has 8 nitrogen and oxygen atoms in total. The molecule has 1 aliphatic heterocycles. The second-order valence-corrected chi connectivity index (χ2v) is 6.69. The Bertz CT molecular complexity index is 753. The third kappa shape index (κ3) is 5.31. The van der Waals surface area contributed by atoms with Gasteiger partial charge in [0, 0.05) is 25.2 Å². The number of ether oxygens (including phenoxy) is 1. The summed E-state index contributed by atoms with van der Waals surface area (Å²) in [6.07, 6.45) is 4.95. The number of nitrogens with zero attached hydrogens (tertiary/aromatic N) is 2. The average Bonchev–Trinajstić information content (AvgIpc) is 3.22. The van der Waals surface area contributed by atoms with Crippen molar-refractivity contribution in [2.75, 3.05) is 38.7 Å². The van der Waals surface area contributed by atoms with E-state index in [0.29, 0.717) is 25.1 Å². The summed E-state index contributed by atoms with van der Waals surface area (Å²) in [5.41, 5.74) is 1.00. The first kappa shape index (κ1) is 21.9. The van der Waals surface area contributed by atoms with Gasteiger partial charge < -0.3 is 20.7 Å². The highest BCUT2D eigenvalue weighted by atomic mass is 35.5. The predicted molar refractivity (Wildman–Crippen MR) is 109 cm³/mol. The third-order valence-electron chi connectivity index (χ3n) is 4.79. The molecule has 2 aromatic rings. The van der Waals surface area contributed by atoms with Gasteiger partial charge in [-0.15, -0.1) is 12.4 Å². The summed E-state index contributed by atoms with van der Waals surface area (Å²) >= 11 is 0. The second kappa shape index (κ2) is 10.2. The fourth-order valence-corrected chi connectivity index (χ4v) is 3.29. The van der Waals surface area contributed by atoms with E-state index in [4.69, 9.17) is 4.74 Å². The number of benzene rings is 1. The Morgan fingerprint density at radius 3 is 2.57 bits per heavy atom. The van der Waals surface area contributed by atoms with E-state index in [0.717, 1.165) is 18.8 Å². The van der Waals surface area contributed by atoms with E-state index in [1.165, 1.54) is 0 Å². The highest BCUT2D eigenvalue weighted by molar-refractivity contribution is 5.95. The lowest BCUT2D eigenvalue weighted by molar-refractivity contribution is -0.137. The van der Waals surface area contributed by atoms with E-state index >= 15 is 0 Å². The van der Waals surface area contributed by atoms with Crippen molar-refractivity contribution in [2.45, 2.75) is 12.8 Å². The van der Waals surface area contributed by atoms with Crippen LogP contribution in [0.2, 0.25) is 0 Å². The number of amides is 2. The number of piperidine rings is 1. The monoisotopic (exact) mass is 407 g/mol.